The smallest absolute Gasteiger partial charge is 0.255 e. The Labute approximate surface area is 179 Å². The lowest BCUT2D eigenvalue weighted by atomic mass is 9.78. The predicted octanol–water partition coefficient (Wildman–Crippen LogP) is 4.68. The van der Waals surface area contributed by atoms with Gasteiger partial charge in [-0.05, 0) is 48.8 Å². The van der Waals surface area contributed by atoms with Crippen LogP contribution in [0.15, 0.2) is 48.5 Å². The maximum absolute atomic E-state index is 13.4. The van der Waals surface area contributed by atoms with Crippen LogP contribution in [0.1, 0.15) is 66.2 Å². The van der Waals surface area contributed by atoms with Crippen LogP contribution < -0.4 is 5.32 Å². The topological polar surface area (TPSA) is 49.4 Å². The Kier molecular flexibility index (Phi) is 5.94. The van der Waals surface area contributed by atoms with Crippen molar-refractivity contribution < 1.29 is 9.59 Å². The first-order valence-corrected chi connectivity index (χ1v) is 11.2. The van der Waals surface area contributed by atoms with Crippen LogP contribution in [0.3, 0.4) is 0 Å². The van der Waals surface area contributed by atoms with Crippen molar-refractivity contribution in [2.75, 3.05) is 6.54 Å². The van der Waals surface area contributed by atoms with Gasteiger partial charge in [0.05, 0.1) is 0 Å². The zero-order valence-electron chi connectivity index (χ0n) is 18.2. The summed E-state index contributed by atoms with van der Waals surface area (Å²) in [4.78, 5) is 28.3. The van der Waals surface area contributed by atoms with Crippen LogP contribution >= 0.6 is 0 Å². The molecule has 1 aliphatic carbocycles. The molecule has 4 rings (SSSR count). The summed E-state index contributed by atoms with van der Waals surface area (Å²) in [5.74, 6) is 0.987. The van der Waals surface area contributed by atoms with E-state index in [0.29, 0.717) is 23.9 Å². The van der Waals surface area contributed by atoms with Gasteiger partial charge < -0.3 is 10.2 Å². The first-order chi connectivity index (χ1) is 14.5. The zero-order valence-corrected chi connectivity index (χ0v) is 18.2. The summed E-state index contributed by atoms with van der Waals surface area (Å²) >= 11 is 0. The molecule has 2 amide bonds. The lowest BCUT2D eigenvalue weighted by Gasteiger charge is -2.36. The van der Waals surface area contributed by atoms with Crippen molar-refractivity contribution >= 4 is 11.8 Å². The van der Waals surface area contributed by atoms with E-state index in [1.807, 2.05) is 24.3 Å². The fourth-order valence-electron chi connectivity index (χ4n) is 4.94. The number of carbonyl (C=O) groups is 2. The van der Waals surface area contributed by atoms with Gasteiger partial charge in [-0.2, -0.15) is 0 Å². The molecule has 0 bridgehead atoms. The van der Waals surface area contributed by atoms with Crippen molar-refractivity contribution in [1.29, 1.82) is 0 Å². The van der Waals surface area contributed by atoms with Crippen LogP contribution in [-0.4, -0.2) is 29.3 Å². The average Bonchev–Trinajstić information content (AvgIpc) is 3.03. The molecular formula is C26H32N2O2. The first-order valence-electron chi connectivity index (χ1n) is 11.2. The summed E-state index contributed by atoms with van der Waals surface area (Å²) in [6.07, 6.45) is 4.12. The van der Waals surface area contributed by atoms with Crippen LogP contribution in [0.2, 0.25) is 0 Å². The quantitative estimate of drug-likeness (QED) is 0.787. The second-order valence-corrected chi connectivity index (χ2v) is 9.11. The fourth-order valence-corrected chi connectivity index (χ4v) is 4.94. The van der Waals surface area contributed by atoms with Gasteiger partial charge in [-0.1, -0.05) is 74.7 Å². The van der Waals surface area contributed by atoms with Crippen molar-refractivity contribution in [1.82, 2.24) is 10.2 Å². The van der Waals surface area contributed by atoms with Gasteiger partial charge >= 0.3 is 0 Å². The van der Waals surface area contributed by atoms with E-state index in [1.54, 1.807) is 4.90 Å². The molecule has 1 fully saturated rings. The van der Waals surface area contributed by atoms with Crippen LogP contribution in [-0.2, 0) is 11.2 Å². The Morgan fingerprint density at radius 3 is 2.57 bits per heavy atom. The third-order valence-corrected chi connectivity index (χ3v) is 7.10. The van der Waals surface area contributed by atoms with Crippen LogP contribution in [0, 0.1) is 18.8 Å². The van der Waals surface area contributed by atoms with Crippen molar-refractivity contribution in [3.05, 3.63) is 70.8 Å². The Balaban J connectivity index is 1.54. The van der Waals surface area contributed by atoms with E-state index in [2.05, 4.69) is 50.4 Å². The summed E-state index contributed by atoms with van der Waals surface area (Å²) in [5, 5.41) is 3.31. The number of hydrogen-bond donors (Lipinski definition) is 1. The SMILES string of the molecule is Cc1ccc(CCN2C(=O)c3ccccc3[C@@H]2C(=O)N[C@@H]2CCC[C@@H](C)[C@H]2C)cc1. The largest absolute Gasteiger partial charge is 0.351 e. The number of fused-ring (bicyclic) bond motifs is 1. The lowest BCUT2D eigenvalue weighted by Crippen LogP contribution is -2.48. The number of amides is 2. The number of nitrogens with one attached hydrogen (secondary N) is 1. The number of aryl methyl sites for hydroxylation is 1. The molecule has 1 aliphatic heterocycles. The molecule has 30 heavy (non-hydrogen) atoms. The molecule has 1 heterocycles. The first kappa shape index (κ1) is 20.6. The lowest BCUT2D eigenvalue weighted by molar-refractivity contribution is -0.127. The van der Waals surface area contributed by atoms with Gasteiger partial charge in [-0.15, -0.1) is 0 Å². The molecule has 0 aromatic heterocycles. The van der Waals surface area contributed by atoms with Crippen molar-refractivity contribution in [3.63, 3.8) is 0 Å². The highest BCUT2D eigenvalue weighted by Gasteiger charge is 2.41. The molecule has 0 unspecified atom stereocenters. The zero-order chi connectivity index (χ0) is 21.3. The van der Waals surface area contributed by atoms with E-state index in [4.69, 9.17) is 0 Å². The molecule has 1 N–H and O–H groups in total. The summed E-state index contributed by atoms with van der Waals surface area (Å²) in [6, 6.07) is 15.6. The van der Waals surface area contributed by atoms with E-state index < -0.39 is 6.04 Å². The second-order valence-electron chi connectivity index (χ2n) is 9.11. The van der Waals surface area contributed by atoms with Crippen molar-refractivity contribution in [2.45, 2.75) is 58.5 Å². The molecule has 2 aromatic rings. The van der Waals surface area contributed by atoms with Gasteiger partial charge in [0.1, 0.15) is 6.04 Å². The van der Waals surface area contributed by atoms with Gasteiger partial charge in [0.2, 0.25) is 5.91 Å². The maximum Gasteiger partial charge on any atom is 0.255 e. The molecular weight excluding hydrogens is 372 g/mol. The molecule has 4 nitrogen and oxygen atoms in total. The average molecular weight is 405 g/mol. The molecule has 2 aliphatic rings. The van der Waals surface area contributed by atoms with E-state index in [-0.39, 0.29) is 17.9 Å². The minimum Gasteiger partial charge on any atom is -0.351 e. The molecule has 4 atom stereocenters. The van der Waals surface area contributed by atoms with Crippen LogP contribution in [0.4, 0.5) is 0 Å². The number of rotatable bonds is 5. The van der Waals surface area contributed by atoms with E-state index in [1.165, 1.54) is 17.5 Å². The minimum absolute atomic E-state index is 0.0387. The minimum atomic E-state index is -0.538. The van der Waals surface area contributed by atoms with Gasteiger partial charge in [0, 0.05) is 18.2 Å². The van der Waals surface area contributed by atoms with Gasteiger partial charge in [0.15, 0.2) is 0 Å². The normalized spacial score (nSPS) is 25.8. The molecule has 1 saturated carbocycles. The highest BCUT2D eigenvalue weighted by Crippen LogP contribution is 2.35. The van der Waals surface area contributed by atoms with Crippen LogP contribution in [0.5, 0.6) is 0 Å². The highest BCUT2D eigenvalue weighted by molar-refractivity contribution is 6.04. The summed E-state index contributed by atoms with van der Waals surface area (Å²) < 4.78 is 0. The molecule has 158 valence electrons. The Morgan fingerprint density at radius 2 is 1.80 bits per heavy atom. The summed E-state index contributed by atoms with van der Waals surface area (Å²) in [6.45, 7) is 7.10. The molecule has 0 spiro atoms. The number of nitrogens with zero attached hydrogens (tertiary/aromatic N) is 1. The number of hydrogen-bond acceptors (Lipinski definition) is 2. The monoisotopic (exact) mass is 404 g/mol. The van der Waals surface area contributed by atoms with E-state index >= 15 is 0 Å². The van der Waals surface area contributed by atoms with Gasteiger partial charge in [-0.3, -0.25) is 9.59 Å². The predicted molar refractivity (Wildman–Crippen MR) is 119 cm³/mol. The number of benzene rings is 2. The van der Waals surface area contributed by atoms with Crippen molar-refractivity contribution in [2.24, 2.45) is 11.8 Å². The maximum atomic E-state index is 13.4. The third-order valence-electron chi connectivity index (χ3n) is 7.10. The fraction of sp³-hybridized carbons (Fsp3) is 0.462. The number of carbonyl (C=O) groups excluding carboxylic acids is 2. The second kappa shape index (κ2) is 8.63. The van der Waals surface area contributed by atoms with Gasteiger partial charge in [0.25, 0.3) is 5.91 Å². The third kappa shape index (κ3) is 4.00. The van der Waals surface area contributed by atoms with E-state index in [0.717, 1.165) is 24.8 Å². The standard InChI is InChI=1S/C26H32N2O2/c1-17-11-13-20(14-12-17)15-16-28-24(21-8-4-5-9-22(21)26(28)30)25(29)27-23-10-6-7-18(2)19(23)3/h4-5,8-9,11-14,18-19,23-24H,6-7,10,15-16H2,1-3H3,(H,27,29)/t18-,19-,23-,24-/m1/s1. The Morgan fingerprint density at radius 1 is 1.07 bits per heavy atom. The Hall–Kier alpha value is -2.62. The highest BCUT2D eigenvalue weighted by atomic mass is 16.2. The summed E-state index contributed by atoms with van der Waals surface area (Å²) in [7, 11) is 0. The van der Waals surface area contributed by atoms with Crippen molar-refractivity contribution in [3.8, 4) is 0 Å². The van der Waals surface area contributed by atoms with Gasteiger partial charge in [-0.25, -0.2) is 0 Å². The molecule has 2 aromatic carbocycles. The summed E-state index contributed by atoms with van der Waals surface area (Å²) in [5.41, 5.74) is 3.89. The Bertz CT molecular complexity index is 921. The van der Waals surface area contributed by atoms with Crippen LogP contribution in [0.25, 0.3) is 0 Å². The molecule has 0 radical (unpaired) electrons. The van der Waals surface area contributed by atoms with E-state index in [9.17, 15) is 9.59 Å². The molecule has 0 saturated heterocycles. The molecule has 4 heteroatoms.